The molecule has 0 aliphatic rings. The average molecular weight is 437 g/mol. The van der Waals surface area contributed by atoms with Gasteiger partial charge in [-0.05, 0) is 60.3 Å². The number of benzene rings is 1. The number of halogens is 1. The predicted octanol–water partition coefficient (Wildman–Crippen LogP) is 9.58. The SMILES string of the molecule is Cc1cc(OCCC(C)CCCC(C)CCCC(C)CCCC(C)C)ccc1CCl. The quantitative estimate of drug-likeness (QED) is 0.221. The Labute approximate surface area is 193 Å². The molecule has 0 aliphatic heterocycles. The van der Waals surface area contributed by atoms with Crippen molar-refractivity contribution >= 4 is 11.6 Å². The van der Waals surface area contributed by atoms with Gasteiger partial charge in [0, 0.05) is 5.88 Å². The number of rotatable bonds is 17. The molecule has 1 aromatic rings. The van der Waals surface area contributed by atoms with Crippen molar-refractivity contribution in [1.29, 1.82) is 0 Å². The van der Waals surface area contributed by atoms with Gasteiger partial charge >= 0.3 is 0 Å². The number of hydrogen-bond acceptors (Lipinski definition) is 1. The molecule has 0 bridgehead atoms. The Morgan fingerprint density at radius 3 is 1.70 bits per heavy atom. The third-order valence-corrected chi connectivity index (χ3v) is 6.89. The van der Waals surface area contributed by atoms with Gasteiger partial charge in [-0.3, -0.25) is 0 Å². The van der Waals surface area contributed by atoms with Crippen molar-refractivity contribution in [1.82, 2.24) is 0 Å². The van der Waals surface area contributed by atoms with E-state index < -0.39 is 0 Å². The van der Waals surface area contributed by atoms with E-state index in [1.54, 1.807) is 0 Å². The molecule has 1 nitrogen and oxygen atoms in total. The van der Waals surface area contributed by atoms with Crippen LogP contribution in [0.5, 0.6) is 5.75 Å². The van der Waals surface area contributed by atoms with E-state index in [1.807, 2.05) is 6.07 Å². The summed E-state index contributed by atoms with van der Waals surface area (Å²) in [6, 6.07) is 6.23. The van der Waals surface area contributed by atoms with E-state index in [1.165, 1.54) is 68.9 Å². The fourth-order valence-corrected chi connectivity index (χ4v) is 4.52. The summed E-state index contributed by atoms with van der Waals surface area (Å²) in [5.74, 6) is 4.92. The fraction of sp³-hybridized carbons (Fsp3) is 0.786. The topological polar surface area (TPSA) is 9.23 Å². The first-order valence-electron chi connectivity index (χ1n) is 12.6. The van der Waals surface area contributed by atoms with Crippen LogP contribution in [0.4, 0.5) is 0 Å². The van der Waals surface area contributed by atoms with Crippen molar-refractivity contribution in [3.05, 3.63) is 29.3 Å². The van der Waals surface area contributed by atoms with Gasteiger partial charge in [-0.2, -0.15) is 0 Å². The zero-order valence-electron chi connectivity index (χ0n) is 20.8. The highest BCUT2D eigenvalue weighted by Gasteiger charge is 2.09. The lowest BCUT2D eigenvalue weighted by Gasteiger charge is -2.16. The second-order valence-corrected chi connectivity index (χ2v) is 10.6. The highest BCUT2D eigenvalue weighted by atomic mass is 35.5. The number of hydrogen-bond donors (Lipinski definition) is 0. The van der Waals surface area contributed by atoms with Gasteiger partial charge < -0.3 is 4.74 Å². The smallest absolute Gasteiger partial charge is 0.119 e. The first-order valence-corrected chi connectivity index (χ1v) is 13.1. The van der Waals surface area contributed by atoms with Crippen LogP contribution in [0, 0.1) is 30.6 Å². The maximum atomic E-state index is 5.96. The van der Waals surface area contributed by atoms with E-state index in [4.69, 9.17) is 16.3 Å². The molecule has 0 N–H and O–H groups in total. The Morgan fingerprint density at radius 1 is 0.733 bits per heavy atom. The van der Waals surface area contributed by atoms with Gasteiger partial charge in [-0.15, -0.1) is 11.6 Å². The Bertz CT molecular complexity index is 554. The Balaban J connectivity index is 2.06. The highest BCUT2D eigenvalue weighted by molar-refractivity contribution is 6.17. The van der Waals surface area contributed by atoms with Crippen molar-refractivity contribution in [3.8, 4) is 5.75 Å². The summed E-state index contributed by atoms with van der Waals surface area (Å²) in [6.45, 7) is 14.8. The summed E-state index contributed by atoms with van der Waals surface area (Å²) in [6.07, 6.45) is 13.7. The van der Waals surface area contributed by atoms with Gasteiger partial charge in [0.25, 0.3) is 0 Å². The van der Waals surface area contributed by atoms with Crippen molar-refractivity contribution < 1.29 is 4.74 Å². The molecule has 3 unspecified atom stereocenters. The van der Waals surface area contributed by atoms with Crippen LogP contribution in [-0.4, -0.2) is 6.61 Å². The fourth-order valence-electron chi connectivity index (χ4n) is 4.22. The minimum atomic E-state index is 0.568. The summed E-state index contributed by atoms with van der Waals surface area (Å²) < 4.78 is 5.96. The van der Waals surface area contributed by atoms with Gasteiger partial charge in [-0.1, -0.05) is 98.5 Å². The standard InChI is InChI=1S/C28H49ClO/c1-22(2)10-7-11-23(3)12-8-13-24(4)14-9-15-25(5)18-19-30-28-17-16-27(21-29)26(6)20-28/h16-17,20,22-25H,7-15,18-19,21H2,1-6H3. The Morgan fingerprint density at radius 2 is 1.23 bits per heavy atom. The van der Waals surface area contributed by atoms with Gasteiger partial charge in [0.2, 0.25) is 0 Å². The molecule has 2 heteroatoms. The summed E-state index contributed by atoms with van der Waals surface area (Å²) in [7, 11) is 0. The average Bonchev–Trinajstić information content (AvgIpc) is 2.68. The lowest BCUT2D eigenvalue weighted by atomic mass is 9.91. The molecule has 0 spiro atoms. The third kappa shape index (κ3) is 12.9. The molecule has 0 saturated carbocycles. The zero-order valence-corrected chi connectivity index (χ0v) is 21.6. The molecule has 174 valence electrons. The molecule has 0 aromatic heterocycles. The summed E-state index contributed by atoms with van der Waals surface area (Å²) in [5, 5.41) is 0. The third-order valence-electron chi connectivity index (χ3n) is 6.60. The minimum absolute atomic E-state index is 0.568. The zero-order chi connectivity index (χ0) is 22.4. The predicted molar refractivity (Wildman–Crippen MR) is 135 cm³/mol. The summed E-state index contributed by atoms with van der Waals surface area (Å²) >= 11 is 5.93. The van der Waals surface area contributed by atoms with E-state index in [-0.39, 0.29) is 0 Å². The van der Waals surface area contributed by atoms with Crippen LogP contribution in [-0.2, 0) is 5.88 Å². The van der Waals surface area contributed by atoms with E-state index in [0.717, 1.165) is 42.4 Å². The maximum Gasteiger partial charge on any atom is 0.119 e. The van der Waals surface area contributed by atoms with Crippen molar-refractivity contribution in [2.75, 3.05) is 6.61 Å². The first-order chi connectivity index (χ1) is 14.3. The molecule has 1 rings (SSSR count). The normalized spacial score (nSPS) is 14.7. The Hall–Kier alpha value is -0.690. The minimum Gasteiger partial charge on any atom is -0.494 e. The molecule has 0 heterocycles. The van der Waals surface area contributed by atoms with Crippen LogP contribution in [0.3, 0.4) is 0 Å². The largest absolute Gasteiger partial charge is 0.494 e. The van der Waals surface area contributed by atoms with Gasteiger partial charge in [-0.25, -0.2) is 0 Å². The van der Waals surface area contributed by atoms with Crippen LogP contribution in [0.1, 0.15) is 110 Å². The van der Waals surface area contributed by atoms with Crippen LogP contribution in [0.25, 0.3) is 0 Å². The monoisotopic (exact) mass is 436 g/mol. The van der Waals surface area contributed by atoms with Crippen molar-refractivity contribution in [3.63, 3.8) is 0 Å². The molecule has 0 amide bonds. The van der Waals surface area contributed by atoms with E-state index in [2.05, 4.69) is 53.7 Å². The van der Waals surface area contributed by atoms with Gasteiger partial charge in [0.05, 0.1) is 6.61 Å². The first kappa shape index (κ1) is 27.3. The molecule has 0 fully saturated rings. The van der Waals surface area contributed by atoms with Crippen molar-refractivity contribution in [2.45, 2.75) is 112 Å². The van der Waals surface area contributed by atoms with E-state index in [9.17, 15) is 0 Å². The second-order valence-electron chi connectivity index (χ2n) is 10.4. The van der Waals surface area contributed by atoms with Crippen LogP contribution < -0.4 is 4.74 Å². The molecule has 30 heavy (non-hydrogen) atoms. The summed E-state index contributed by atoms with van der Waals surface area (Å²) in [4.78, 5) is 0. The Kier molecular flexibility index (Phi) is 14.6. The summed E-state index contributed by atoms with van der Waals surface area (Å²) in [5.41, 5.74) is 2.40. The highest BCUT2D eigenvalue weighted by Crippen LogP contribution is 2.23. The van der Waals surface area contributed by atoms with E-state index >= 15 is 0 Å². The second kappa shape index (κ2) is 16.0. The lowest BCUT2D eigenvalue weighted by Crippen LogP contribution is -2.05. The number of ether oxygens (including phenoxy) is 1. The van der Waals surface area contributed by atoms with Crippen LogP contribution in [0.2, 0.25) is 0 Å². The van der Waals surface area contributed by atoms with Gasteiger partial charge in [0.1, 0.15) is 5.75 Å². The molecule has 3 atom stereocenters. The number of alkyl halides is 1. The van der Waals surface area contributed by atoms with Crippen molar-refractivity contribution in [2.24, 2.45) is 23.7 Å². The molecule has 1 aromatic carbocycles. The number of aryl methyl sites for hydroxylation is 1. The molecule has 0 radical (unpaired) electrons. The van der Waals surface area contributed by atoms with Crippen LogP contribution >= 0.6 is 11.6 Å². The van der Waals surface area contributed by atoms with Crippen LogP contribution in [0.15, 0.2) is 18.2 Å². The maximum absolute atomic E-state index is 5.96. The van der Waals surface area contributed by atoms with Gasteiger partial charge in [0.15, 0.2) is 0 Å². The van der Waals surface area contributed by atoms with E-state index in [0.29, 0.717) is 5.88 Å². The molecule has 0 saturated heterocycles. The molecule has 0 aliphatic carbocycles. The lowest BCUT2D eigenvalue weighted by molar-refractivity contribution is 0.274. The molecular formula is C28H49ClO. The molecular weight excluding hydrogens is 388 g/mol.